The molecule has 1 amide bonds. The highest BCUT2D eigenvalue weighted by Gasteiger charge is 2.47. The number of aryl methyl sites for hydroxylation is 1. The van der Waals surface area contributed by atoms with E-state index in [2.05, 4.69) is 15.9 Å². The minimum absolute atomic E-state index is 0.0341. The van der Waals surface area contributed by atoms with Crippen molar-refractivity contribution < 1.29 is 23.5 Å². The van der Waals surface area contributed by atoms with Gasteiger partial charge < -0.3 is 13.9 Å². The quantitative estimate of drug-likeness (QED) is 0.344. The molecule has 1 aliphatic rings. The summed E-state index contributed by atoms with van der Waals surface area (Å²) in [6.07, 6.45) is 1.47. The number of Topliss-reactive ketones (excluding diaryl/α,β-unsaturated/α-hetero) is 1. The van der Waals surface area contributed by atoms with Gasteiger partial charge >= 0.3 is 0 Å². The number of nitrogens with zero attached hydrogens (tertiary/aromatic N) is 1. The summed E-state index contributed by atoms with van der Waals surface area (Å²) in [6.45, 7) is 3.83. The maximum atomic E-state index is 13.5. The lowest BCUT2D eigenvalue weighted by Crippen LogP contribution is -2.31. The van der Waals surface area contributed by atoms with Crippen LogP contribution in [0.2, 0.25) is 0 Å². The first kappa shape index (κ1) is 20.3. The van der Waals surface area contributed by atoms with Gasteiger partial charge in [-0.15, -0.1) is 0 Å². The fourth-order valence-electron chi connectivity index (χ4n) is 4.06. The predicted octanol–water partition coefficient (Wildman–Crippen LogP) is 6.19. The SMILES string of the molecule is Cc1cccc(N2C(=O)C(O)=C(C(=O)c3cc4cc(Br)ccc4o3)C2c2ccco2)c1C. The first-order valence-corrected chi connectivity index (χ1v) is 10.8. The highest BCUT2D eigenvalue weighted by molar-refractivity contribution is 9.10. The normalized spacial score (nSPS) is 16.4. The number of hydrogen-bond donors (Lipinski definition) is 1. The average molecular weight is 492 g/mol. The van der Waals surface area contributed by atoms with E-state index in [9.17, 15) is 14.7 Å². The van der Waals surface area contributed by atoms with Gasteiger partial charge in [0.25, 0.3) is 5.91 Å². The van der Waals surface area contributed by atoms with Crippen LogP contribution >= 0.6 is 15.9 Å². The molecule has 1 N–H and O–H groups in total. The molecule has 0 spiro atoms. The molecule has 1 atom stereocenters. The number of anilines is 1. The van der Waals surface area contributed by atoms with Crippen molar-refractivity contribution in [2.45, 2.75) is 19.9 Å². The summed E-state index contributed by atoms with van der Waals surface area (Å²) in [5, 5.41) is 11.6. The fourth-order valence-corrected chi connectivity index (χ4v) is 4.44. The minimum atomic E-state index is -0.926. The lowest BCUT2D eigenvalue weighted by Gasteiger charge is -2.26. The van der Waals surface area contributed by atoms with Crippen LogP contribution < -0.4 is 4.90 Å². The molecule has 4 aromatic rings. The van der Waals surface area contributed by atoms with E-state index in [1.807, 2.05) is 38.1 Å². The van der Waals surface area contributed by atoms with Crippen molar-refractivity contribution in [3.8, 4) is 0 Å². The van der Waals surface area contributed by atoms with Crippen LogP contribution in [0, 0.1) is 13.8 Å². The summed E-state index contributed by atoms with van der Waals surface area (Å²) in [7, 11) is 0. The number of furan rings is 2. The Labute approximate surface area is 191 Å². The Hall–Kier alpha value is -3.58. The summed E-state index contributed by atoms with van der Waals surface area (Å²) in [6, 6.07) is 15.0. The van der Waals surface area contributed by atoms with Crippen LogP contribution in [-0.4, -0.2) is 16.8 Å². The third kappa shape index (κ3) is 3.08. The van der Waals surface area contributed by atoms with Crippen molar-refractivity contribution in [3.05, 3.63) is 99.3 Å². The van der Waals surface area contributed by atoms with Crippen molar-refractivity contribution in [1.82, 2.24) is 0 Å². The number of ketones is 1. The topological polar surface area (TPSA) is 83.9 Å². The van der Waals surface area contributed by atoms with Gasteiger partial charge in [0.15, 0.2) is 11.5 Å². The molecule has 0 fully saturated rings. The Balaban J connectivity index is 1.66. The summed E-state index contributed by atoms with van der Waals surface area (Å²) in [4.78, 5) is 28.2. The average Bonchev–Trinajstić information content (AvgIpc) is 3.49. The van der Waals surface area contributed by atoms with Crippen LogP contribution in [0.1, 0.15) is 33.5 Å². The van der Waals surface area contributed by atoms with E-state index >= 15 is 0 Å². The lowest BCUT2D eigenvalue weighted by atomic mass is 9.98. The van der Waals surface area contributed by atoms with Gasteiger partial charge in [-0.3, -0.25) is 14.5 Å². The number of benzene rings is 2. The first-order chi connectivity index (χ1) is 15.4. The maximum absolute atomic E-state index is 13.5. The summed E-state index contributed by atoms with van der Waals surface area (Å²) in [5.74, 6) is -1.45. The van der Waals surface area contributed by atoms with Crippen molar-refractivity contribution in [3.63, 3.8) is 0 Å². The number of aliphatic hydroxyl groups excluding tert-OH is 1. The first-order valence-electron chi connectivity index (χ1n) is 9.97. The molecule has 6 nitrogen and oxygen atoms in total. The minimum Gasteiger partial charge on any atom is -0.503 e. The van der Waals surface area contributed by atoms with Crippen molar-refractivity contribution in [2.24, 2.45) is 0 Å². The molecular formula is C25H18BrNO5. The number of amides is 1. The zero-order valence-electron chi connectivity index (χ0n) is 17.3. The Morgan fingerprint density at radius 2 is 1.91 bits per heavy atom. The van der Waals surface area contributed by atoms with Crippen LogP contribution in [0.15, 0.2) is 85.5 Å². The zero-order valence-corrected chi connectivity index (χ0v) is 18.8. The van der Waals surface area contributed by atoms with E-state index in [0.717, 1.165) is 21.0 Å². The molecule has 0 saturated carbocycles. The van der Waals surface area contributed by atoms with Crippen LogP contribution in [0.4, 0.5) is 5.69 Å². The van der Waals surface area contributed by atoms with Crippen molar-refractivity contribution in [2.75, 3.05) is 4.90 Å². The van der Waals surface area contributed by atoms with E-state index in [4.69, 9.17) is 8.83 Å². The van der Waals surface area contributed by atoms with Gasteiger partial charge in [0.1, 0.15) is 17.4 Å². The summed E-state index contributed by atoms with van der Waals surface area (Å²) < 4.78 is 12.2. The van der Waals surface area contributed by atoms with Gasteiger partial charge in [0, 0.05) is 15.5 Å². The van der Waals surface area contributed by atoms with Crippen LogP contribution in [0.25, 0.3) is 11.0 Å². The highest BCUT2D eigenvalue weighted by Crippen LogP contribution is 2.43. The summed E-state index contributed by atoms with van der Waals surface area (Å²) >= 11 is 3.40. The van der Waals surface area contributed by atoms with Gasteiger partial charge in [0.05, 0.1) is 11.8 Å². The third-order valence-electron chi connectivity index (χ3n) is 5.80. The molecule has 7 heteroatoms. The van der Waals surface area contributed by atoms with E-state index < -0.39 is 23.5 Å². The maximum Gasteiger partial charge on any atom is 0.294 e. The van der Waals surface area contributed by atoms with Crippen LogP contribution in [0.5, 0.6) is 0 Å². The van der Waals surface area contributed by atoms with Gasteiger partial charge in [-0.05, 0) is 67.4 Å². The molecule has 32 heavy (non-hydrogen) atoms. The number of hydrogen-bond acceptors (Lipinski definition) is 5. The molecule has 2 aromatic carbocycles. The number of rotatable bonds is 4. The molecule has 1 unspecified atom stereocenters. The summed E-state index contributed by atoms with van der Waals surface area (Å²) in [5.41, 5.74) is 2.90. The van der Waals surface area contributed by atoms with Gasteiger partial charge in [-0.25, -0.2) is 0 Å². The van der Waals surface area contributed by atoms with Crippen LogP contribution in [0.3, 0.4) is 0 Å². The van der Waals surface area contributed by atoms with Crippen molar-refractivity contribution in [1.29, 1.82) is 0 Å². The Morgan fingerprint density at radius 1 is 1.09 bits per heavy atom. The number of carbonyl (C=O) groups is 2. The van der Waals surface area contributed by atoms with E-state index in [1.165, 1.54) is 11.2 Å². The molecule has 5 rings (SSSR count). The molecule has 1 aliphatic heterocycles. The van der Waals surface area contributed by atoms with E-state index in [0.29, 0.717) is 17.0 Å². The Kier molecular flexibility index (Phi) is 4.78. The second kappa shape index (κ2) is 7.53. The number of aliphatic hydroxyl groups is 1. The van der Waals surface area contributed by atoms with E-state index in [-0.39, 0.29) is 11.3 Å². The molecule has 0 saturated heterocycles. The van der Waals surface area contributed by atoms with Crippen LogP contribution in [-0.2, 0) is 4.79 Å². The fraction of sp³-hybridized carbons (Fsp3) is 0.120. The molecule has 2 aromatic heterocycles. The van der Waals surface area contributed by atoms with Crippen molar-refractivity contribution >= 4 is 44.3 Å². The standard InChI is InChI=1S/C25H18BrNO5/c1-13-5-3-6-17(14(13)2)27-22(19-7-4-10-31-19)21(24(29)25(27)30)23(28)20-12-15-11-16(26)8-9-18(15)32-20/h3-12,22,29H,1-2H3. The largest absolute Gasteiger partial charge is 0.503 e. The Bertz CT molecular complexity index is 1410. The molecule has 160 valence electrons. The zero-order chi connectivity index (χ0) is 22.6. The molecule has 0 aliphatic carbocycles. The van der Waals surface area contributed by atoms with Gasteiger partial charge in [0.2, 0.25) is 5.78 Å². The second-order valence-corrected chi connectivity index (χ2v) is 8.61. The molecule has 3 heterocycles. The smallest absolute Gasteiger partial charge is 0.294 e. The number of carbonyl (C=O) groups excluding carboxylic acids is 2. The third-order valence-corrected chi connectivity index (χ3v) is 6.30. The number of fused-ring (bicyclic) bond motifs is 1. The molecular weight excluding hydrogens is 474 g/mol. The predicted molar refractivity (Wildman–Crippen MR) is 123 cm³/mol. The van der Waals surface area contributed by atoms with E-state index in [1.54, 1.807) is 30.3 Å². The van der Waals surface area contributed by atoms with Gasteiger partial charge in [-0.1, -0.05) is 28.1 Å². The Morgan fingerprint density at radius 3 is 2.66 bits per heavy atom. The molecule has 0 bridgehead atoms. The van der Waals surface area contributed by atoms with Gasteiger partial charge in [-0.2, -0.15) is 0 Å². The highest BCUT2D eigenvalue weighted by atomic mass is 79.9. The lowest BCUT2D eigenvalue weighted by molar-refractivity contribution is -0.117. The molecule has 0 radical (unpaired) electrons. The monoisotopic (exact) mass is 491 g/mol. The second-order valence-electron chi connectivity index (χ2n) is 7.70. The number of halogens is 1.